The van der Waals surface area contributed by atoms with Gasteiger partial charge in [-0.1, -0.05) is 0 Å². The highest BCUT2D eigenvalue weighted by atomic mass is 15.2. The van der Waals surface area contributed by atoms with Crippen molar-refractivity contribution in [2.24, 2.45) is 0 Å². The number of hydrogen-bond acceptors (Lipinski definition) is 5. The highest BCUT2D eigenvalue weighted by molar-refractivity contribution is 5.12. The summed E-state index contributed by atoms with van der Waals surface area (Å²) in [5.41, 5.74) is 0.812. The van der Waals surface area contributed by atoms with E-state index >= 15 is 0 Å². The van der Waals surface area contributed by atoms with Crippen LogP contribution in [0.4, 0.5) is 0 Å². The first-order valence-electron chi connectivity index (χ1n) is 4.20. The van der Waals surface area contributed by atoms with Gasteiger partial charge < -0.3 is 5.32 Å². The summed E-state index contributed by atoms with van der Waals surface area (Å²) in [6.45, 7) is 0. The lowest BCUT2D eigenvalue weighted by molar-refractivity contribution is 0.629. The summed E-state index contributed by atoms with van der Waals surface area (Å²) in [5.74, 6) is 0.730. The van der Waals surface area contributed by atoms with E-state index < -0.39 is 0 Å². The first kappa shape index (κ1) is 8.76. The highest BCUT2D eigenvalue weighted by Gasteiger charge is 2.15. The quantitative estimate of drug-likeness (QED) is 0.706. The van der Waals surface area contributed by atoms with Crippen molar-refractivity contribution in [2.45, 2.75) is 6.04 Å². The average molecular weight is 190 g/mol. The molecule has 0 aliphatic carbocycles. The molecule has 0 aliphatic heterocycles. The molecular weight excluding hydrogens is 180 g/mol. The Morgan fingerprint density at radius 3 is 2.86 bits per heavy atom. The summed E-state index contributed by atoms with van der Waals surface area (Å²) >= 11 is 0. The maximum atomic E-state index is 4.19. The third-order valence-electron chi connectivity index (χ3n) is 1.87. The third-order valence-corrected chi connectivity index (χ3v) is 1.87. The molecule has 0 aliphatic rings. The number of hydrogen-bond donors (Lipinski definition) is 2. The summed E-state index contributed by atoms with van der Waals surface area (Å²) < 4.78 is 0. The third kappa shape index (κ3) is 1.60. The van der Waals surface area contributed by atoms with Gasteiger partial charge in [0.2, 0.25) is 0 Å². The fraction of sp³-hybridized carbons (Fsp3) is 0.250. The van der Waals surface area contributed by atoms with Gasteiger partial charge in [-0.3, -0.25) is 15.1 Å². The van der Waals surface area contributed by atoms with Crippen LogP contribution in [0.5, 0.6) is 0 Å². The Hall–Kier alpha value is -1.82. The Morgan fingerprint density at radius 2 is 2.29 bits per heavy atom. The van der Waals surface area contributed by atoms with Crippen LogP contribution in [-0.4, -0.2) is 32.2 Å². The van der Waals surface area contributed by atoms with Gasteiger partial charge >= 0.3 is 0 Å². The van der Waals surface area contributed by atoms with E-state index in [0.717, 1.165) is 11.5 Å². The molecule has 0 fully saturated rings. The maximum absolute atomic E-state index is 4.19. The van der Waals surface area contributed by atoms with Crippen molar-refractivity contribution in [3.05, 3.63) is 36.4 Å². The van der Waals surface area contributed by atoms with Crippen LogP contribution in [0.3, 0.4) is 0 Å². The molecule has 6 nitrogen and oxygen atoms in total. The van der Waals surface area contributed by atoms with E-state index in [1.807, 2.05) is 7.05 Å². The Labute approximate surface area is 80.8 Å². The van der Waals surface area contributed by atoms with Crippen LogP contribution >= 0.6 is 0 Å². The minimum absolute atomic E-state index is 0.0915. The van der Waals surface area contributed by atoms with Crippen molar-refractivity contribution in [3.63, 3.8) is 0 Å². The second-order valence-corrected chi connectivity index (χ2v) is 2.72. The molecule has 72 valence electrons. The number of H-pyrrole nitrogens is 1. The topological polar surface area (TPSA) is 79.4 Å². The summed E-state index contributed by atoms with van der Waals surface area (Å²) in [4.78, 5) is 12.3. The van der Waals surface area contributed by atoms with Crippen LogP contribution in [0.1, 0.15) is 17.6 Å². The fourth-order valence-corrected chi connectivity index (χ4v) is 1.24. The monoisotopic (exact) mass is 190 g/mol. The molecule has 14 heavy (non-hydrogen) atoms. The fourth-order valence-electron chi connectivity index (χ4n) is 1.24. The Kier molecular flexibility index (Phi) is 2.46. The molecule has 2 aromatic rings. The van der Waals surface area contributed by atoms with Gasteiger partial charge in [0.05, 0.1) is 11.9 Å². The molecule has 0 saturated heterocycles. The molecule has 0 aromatic carbocycles. The van der Waals surface area contributed by atoms with Gasteiger partial charge in [-0.2, -0.15) is 5.10 Å². The largest absolute Gasteiger partial charge is 0.305 e. The molecular formula is C8H10N6. The summed E-state index contributed by atoms with van der Waals surface area (Å²) in [6, 6.07) is -0.0915. The molecule has 0 bridgehead atoms. The standard InChI is InChI=1S/C8H10N6/c1-9-7(8-12-5-13-14-8)6-4-10-2-3-11-6/h2-5,7,9H,1H3,(H,12,13,14). The Bertz CT molecular complexity index is 370. The molecule has 0 amide bonds. The zero-order valence-electron chi connectivity index (χ0n) is 7.68. The molecule has 1 unspecified atom stereocenters. The lowest BCUT2D eigenvalue weighted by Gasteiger charge is -2.11. The number of aromatic nitrogens is 5. The molecule has 2 rings (SSSR count). The highest BCUT2D eigenvalue weighted by Crippen LogP contribution is 2.13. The first-order valence-corrected chi connectivity index (χ1v) is 4.20. The molecule has 1 atom stereocenters. The first-order chi connectivity index (χ1) is 6.92. The van der Waals surface area contributed by atoms with E-state index in [0.29, 0.717) is 0 Å². The van der Waals surface area contributed by atoms with Crippen LogP contribution in [0.2, 0.25) is 0 Å². The second kappa shape index (κ2) is 3.93. The van der Waals surface area contributed by atoms with Crippen molar-refractivity contribution in [2.75, 3.05) is 7.05 Å². The number of nitrogens with zero attached hydrogens (tertiary/aromatic N) is 4. The predicted molar refractivity (Wildman–Crippen MR) is 49.3 cm³/mol. The van der Waals surface area contributed by atoms with E-state index in [9.17, 15) is 0 Å². The van der Waals surface area contributed by atoms with Crippen LogP contribution in [-0.2, 0) is 0 Å². The van der Waals surface area contributed by atoms with Gasteiger partial charge in [0.15, 0.2) is 0 Å². The van der Waals surface area contributed by atoms with E-state index in [-0.39, 0.29) is 6.04 Å². The van der Waals surface area contributed by atoms with Crippen molar-refractivity contribution in [1.29, 1.82) is 0 Å². The van der Waals surface area contributed by atoms with E-state index in [1.54, 1.807) is 18.6 Å². The summed E-state index contributed by atoms with van der Waals surface area (Å²) in [6.07, 6.45) is 6.45. The Morgan fingerprint density at radius 1 is 1.36 bits per heavy atom. The minimum atomic E-state index is -0.0915. The van der Waals surface area contributed by atoms with Gasteiger partial charge in [0, 0.05) is 12.4 Å². The van der Waals surface area contributed by atoms with Crippen molar-refractivity contribution >= 4 is 0 Å². The van der Waals surface area contributed by atoms with Crippen LogP contribution < -0.4 is 5.32 Å². The van der Waals surface area contributed by atoms with Crippen molar-refractivity contribution in [1.82, 2.24) is 30.5 Å². The zero-order valence-corrected chi connectivity index (χ0v) is 7.68. The number of rotatable bonds is 3. The minimum Gasteiger partial charge on any atom is -0.305 e. The lowest BCUT2D eigenvalue weighted by Crippen LogP contribution is -2.20. The van der Waals surface area contributed by atoms with Crippen LogP contribution in [0.15, 0.2) is 24.9 Å². The summed E-state index contributed by atoms with van der Waals surface area (Å²) in [5, 5.41) is 9.67. The molecule has 0 spiro atoms. The van der Waals surface area contributed by atoms with Gasteiger partial charge in [-0.05, 0) is 7.05 Å². The van der Waals surface area contributed by atoms with Crippen molar-refractivity contribution in [3.8, 4) is 0 Å². The van der Waals surface area contributed by atoms with Gasteiger partial charge in [-0.25, -0.2) is 4.98 Å². The second-order valence-electron chi connectivity index (χ2n) is 2.72. The zero-order chi connectivity index (χ0) is 9.80. The Balaban J connectivity index is 2.31. The van der Waals surface area contributed by atoms with Gasteiger partial charge in [0.25, 0.3) is 0 Å². The van der Waals surface area contributed by atoms with E-state index in [1.165, 1.54) is 6.33 Å². The summed E-state index contributed by atoms with van der Waals surface area (Å²) in [7, 11) is 1.84. The normalized spacial score (nSPS) is 12.6. The van der Waals surface area contributed by atoms with Crippen LogP contribution in [0.25, 0.3) is 0 Å². The maximum Gasteiger partial charge on any atom is 0.147 e. The smallest absolute Gasteiger partial charge is 0.147 e. The molecule has 2 aromatic heterocycles. The van der Waals surface area contributed by atoms with Crippen molar-refractivity contribution < 1.29 is 0 Å². The predicted octanol–water partition coefficient (Wildman–Crippen LogP) is -0.0965. The van der Waals surface area contributed by atoms with E-state index in [4.69, 9.17) is 0 Å². The average Bonchev–Trinajstić information content (AvgIpc) is 2.74. The van der Waals surface area contributed by atoms with E-state index in [2.05, 4.69) is 30.5 Å². The number of aromatic amines is 1. The number of nitrogens with one attached hydrogen (secondary N) is 2. The molecule has 2 heterocycles. The SMILES string of the molecule is CNC(c1cnccn1)c1ncn[nH]1. The van der Waals surface area contributed by atoms with Gasteiger partial charge in [-0.15, -0.1) is 0 Å². The molecule has 6 heteroatoms. The lowest BCUT2D eigenvalue weighted by atomic mass is 10.2. The molecule has 0 radical (unpaired) electrons. The molecule has 2 N–H and O–H groups in total. The van der Waals surface area contributed by atoms with Gasteiger partial charge in [0.1, 0.15) is 18.2 Å². The van der Waals surface area contributed by atoms with Crippen LogP contribution in [0, 0.1) is 0 Å². The molecule has 0 saturated carbocycles.